The van der Waals surface area contributed by atoms with Crippen LogP contribution in [0.3, 0.4) is 0 Å². The van der Waals surface area contributed by atoms with Crippen molar-refractivity contribution in [3.8, 4) is 0 Å². The minimum absolute atomic E-state index is 0.118. The molecule has 120 valence electrons. The normalized spacial score (nSPS) is 24.4. The second-order valence-electron chi connectivity index (χ2n) is 6.62. The molecule has 2 aliphatic rings. The maximum absolute atomic E-state index is 12.6. The summed E-state index contributed by atoms with van der Waals surface area (Å²) in [6.45, 7) is 4.12. The van der Waals surface area contributed by atoms with Gasteiger partial charge in [0.2, 0.25) is 5.91 Å². The van der Waals surface area contributed by atoms with Gasteiger partial charge in [0.1, 0.15) is 0 Å². The molecule has 2 atom stereocenters. The molecule has 2 N–H and O–H groups in total. The van der Waals surface area contributed by atoms with E-state index in [4.69, 9.17) is 5.73 Å². The van der Waals surface area contributed by atoms with Crippen LogP contribution >= 0.6 is 0 Å². The van der Waals surface area contributed by atoms with E-state index in [0.29, 0.717) is 12.5 Å². The van der Waals surface area contributed by atoms with E-state index in [2.05, 4.69) is 4.90 Å². The predicted molar refractivity (Wildman–Crippen MR) is 88.5 cm³/mol. The zero-order valence-electron chi connectivity index (χ0n) is 13.3. The quantitative estimate of drug-likeness (QED) is 0.920. The number of nitrogens with two attached hydrogens (primary N) is 1. The highest BCUT2D eigenvalue weighted by atomic mass is 16.2. The lowest BCUT2D eigenvalue weighted by Gasteiger charge is -2.38. The Kier molecular flexibility index (Phi) is 5.11. The van der Waals surface area contributed by atoms with Gasteiger partial charge in [-0.1, -0.05) is 30.3 Å². The number of carbonyl (C=O) groups is 1. The molecule has 1 unspecified atom stereocenters. The molecule has 0 aromatic heterocycles. The molecule has 2 aliphatic heterocycles. The van der Waals surface area contributed by atoms with Crippen molar-refractivity contribution in [1.29, 1.82) is 0 Å². The Hall–Kier alpha value is -1.39. The number of likely N-dealkylation sites (tertiary alicyclic amines) is 2. The van der Waals surface area contributed by atoms with E-state index in [1.165, 1.54) is 32.4 Å². The van der Waals surface area contributed by atoms with E-state index >= 15 is 0 Å². The van der Waals surface area contributed by atoms with E-state index in [0.717, 1.165) is 25.1 Å². The molecular weight excluding hydrogens is 274 g/mol. The minimum Gasteiger partial charge on any atom is -0.340 e. The lowest BCUT2D eigenvalue weighted by molar-refractivity contribution is -0.134. The maximum Gasteiger partial charge on any atom is 0.239 e. The van der Waals surface area contributed by atoms with E-state index in [1.54, 1.807) is 0 Å². The van der Waals surface area contributed by atoms with Crippen molar-refractivity contribution < 1.29 is 4.79 Å². The number of piperidine rings is 1. The van der Waals surface area contributed by atoms with Crippen LogP contribution in [0, 0.1) is 0 Å². The summed E-state index contributed by atoms with van der Waals surface area (Å²) >= 11 is 0. The second kappa shape index (κ2) is 7.25. The molecule has 2 heterocycles. The Morgan fingerprint density at radius 1 is 1.14 bits per heavy atom. The first-order valence-corrected chi connectivity index (χ1v) is 8.56. The zero-order valence-corrected chi connectivity index (χ0v) is 13.3. The Bertz CT molecular complexity index is 484. The van der Waals surface area contributed by atoms with Gasteiger partial charge in [0.25, 0.3) is 0 Å². The van der Waals surface area contributed by atoms with E-state index < -0.39 is 6.04 Å². The van der Waals surface area contributed by atoms with Crippen LogP contribution in [0.5, 0.6) is 0 Å². The van der Waals surface area contributed by atoms with Crippen LogP contribution in [0.25, 0.3) is 0 Å². The summed E-state index contributed by atoms with van der Waals surface area (Å²) in [5.41, 5.74) is 7.31. The molecule has 4 heteroatoms. The Labute approximate surface area is 133 Å². The summed E-state index contributed by atoms with van der Waals surface area (Å²) in [5.74, 6) is 0.118. The molecule has 1 amide bonds. The molecule has 2 saturated heterocycles. The number of hydrogen-bond acceptors (Lipinski definition) is 3. The molecule has 1 aromatic rings. The number of amides is 1. The van der Waals surface area contributed by atoms with Gasteiger partial charge < -0.3 is 10.6 Å². The first-order valence-electron chi connectivity index (χ1n) is 8.56. The zero-order chi connectivity index (χ0) is 15.4. The van der Waals surface area contributed by atoms with Crippen molar-refractivity contribution >= 4 is 5.91 Å². The maximum atomic E-state index is 12.6. The fourth-order valence-corrected chi connectivity index (χ4v) is 3.75. The summed E-state index contributed by atoms with van der Waals surface area (Å²) in [5, 5.41) is 0. The van der Waals surface area contributed by atoms with Crippen molar-refractivity contribution in [3.05, 3.63) is 35.9 Å². The molecule has 3 rings (SSSR count). The predicted octanol–water partition coefficient (Wildman–Crippen LogP) is 1.64. The molecule has 1 aromatic carbocycles. The van der Waals surface area contributed by atoms with Gasteiger partial charge in [-0.25, -0.2) is 0 Å². The van der Waals surface area contributed by atoms with Crippen LogP contribution in [0.15, 0.2) is 30.3 Å². The van der Waals surface area contributed by atoms with Crippen molar-refractivity contribution in [2.24, 2.45) is 5.73 Å². The van der Waals surface area contributed by atoms with Crippen LogP contribution in [0.4, 0.5) is 0 Å². The number of carbonyl (C=O) groups excluding carboxylic acids is 1. The molecule has 0 spiro atoms. The Morgan fingerprint density at radius 3 is 2.59 bits per heavy atom. The number of hydrogen-bond donors (Lipinski definition) is 1. The molecular formula is C18H27N3O. The SMILES string of the molecule is N[C@@H](Cc1ccccc1)C(=O)N1CCCC(N2CCCC2)C1. The first-order chi connectivity index (χ1) is 10.7. The van der Waals surface area contributed by atoms with Crippen LogP contribution in [-0.2, 0) is 11.2 Å². The lowest BCUT2D eigenvalue weighted by atomic mass is 10.0. The number of rotatable bonds is 4. The highest BCUT2D eigenvalue weighted by molar-refractivity contribution is 5.82. The topological polar surface area (TPSA) is 49.6 Å². The van der Waals surface area contributed by atoms with Gasteiger partial charge in [-0.05, 0) is 50.8 Å². The van der Waals surface area contributed by atoms with Crippen molar-refractivity contribution in [2.75, 3.05) is 26.2 Å². The highest BCUT2D eigenvalue weighted by Gasteiger charge is 2.31. The van der Waals surface area contributed by atoms with Gasteiger partial charge in [-0.15, -0.1) is 0 Å². The molecule has 0 aliphatic carbocycles. The molecule has 0 radical (unpaired) electrons. The van der Waals surface area contributed by atoms with E-state index in [1.807, 2.05) is 35.2 Å². The second-order valence-corrected chi connectivity index (χ2v) is 6.62. The standard InChI is InChI=1S/C18H27N3O/c19-17(13-15-7-2-1-3-8-15)18(22)21-12-6-9-16(14-21)20-10-4-5-11-20/h1-3,7-8,16-17H,4-6,9-14,19H2/t16?,17-/m0/s1. The molecule has 0 saturated carbocycles. The third-order valence-electron chi connectivity index (χ3n) is 4.98. The molecule has 4 nitrogen and oxygen atoms in total. The average Bonchev–Trinajstić information content (AvgIpc) is 3.10. The minimum atomic E-state index is -0.417. The van der Waals surface area contributed by atoms with Gasteiger partial charge in [-0.3, -0.25) is 9.69 Å². The summed E-state index contributed by atoms with van der Waals surface area (Å²) < 4.78 is 0. The Balaban J connectivity index is 1.56. The van der Waals surface area contributed by atoms with Gasteiger partial charge in [0, 0.05) is 19.1 Å². The van der Waals surface area contributed by atoms with Crippen LogP contribution in [0.1, 0.15) is 31.2 Å². The van der Waals surface area contributed by atoms with E-state index in [9.17, 15) is 4.79 Å². The van der Waals surface area contributed by atoms with Crippen LogP contribution < -0.4 is 5.73 Å². The fourth-order valence-electron chi connectivity index (χ4n) is 3.75. The summed E-state index contributed by atoms with van der Waals surface area (Å²) in [4.78, 5) is 17.2. The number of nitrogens with zero attached hydrogens (tertiary/aromatic N) is 2. The summed E-state index contributed by atoms with van der Waals surface area (Å²) in [6.07, 6.45) is 5.56. The van der Waals surface area contributed by atoms with Crippen LogP contribution in [0.2, 0.25) is 0 Å². The van der Waals surface area contributed by atoms with Gasteiger partial charge >= 0.3 is 0 Å². The van der Waals surface area contributed by atoms with Crippen LogP contribution in [-0.4, -0.2) is 54.0 Å². The smallest absolute Gasteiger partial charge is 0.239 e. The Morgan fingerprint density at radius 2 is 1.86 bits per heavy atom. The average molecular weight is 301 g/mol. The number of benzene rings is 1. The monoisotopic (exact) mass is 301 g/mol. The third-order valence-corrected chi connectivity index (χ3v) is 4.98. The van der Waals surface area contributed by atoms with Crippen molar-refractivity contribution in [3.63, 3.8) is 0 Å². The lowest BCUT2D eigenvalue weighted by Crippen LogP contribution is -2.53. The highest BCUT2D eigenvalue weighted by Crippen LogP contribution is 2.21. The molecule has 22 heavy (non-hydrogen) atoms. The molecule has 0 bridgehead atoms. The fraction of sp³-hybridized carbons (Fsp3) is 0.611. The van der Waals surface area contributed by atoms with Crippen molar-refractivity contribution in [2.45, 2.75) is 44.2 Å². The third kappa shape index (κ3) is 3.68. The molecule has 2 fully saturated rings. The van der Waals surface area contributed by atoms with Gasteiger partial charge in [0.05, 0.1) is 6.04 Å². The van der Waals surface area contributed by atoms with Gasteiger partial charge in [-0.2, -0.15) is 0 Å². The largest absolute Gasteiger partial charge is 0.340 e. The van der Waals surface area contributed by atoms with E-state index in [-0.39, 0.29) is 5.91 Å². The van der Waals surface area contributed by atoms with Crippen molar-refractivity contribution in [1.82, 2.24) is 9.80 Å². The summed E-state index contributed by atoms with van der Waals surface area (Å²) in [6, 6.07) is 10.2. The first kappa shape index (κ1) is 15.5. The van der Waals surface area contributed by atoms with Gasteiger partial charge in [0.15, 0.2) is 0 Å². The summed E-state index contributed by atoms with van der Waals surface area (Å²) in [7, 11) is 0.